The predicted octanol–water partition coefficient (Wildman–Crippen LogP) is -3.60. The summed E-state index contributed by atoms with van der Waals surface area (Å²) in [7, 11) is 0. The summed E-state index contributed by atoms with van der Waals surface area (Å²) in [5, 5.41) is 49.6. The fourth-order valence-electron chi connectivity index (χ4n) is 1.98. The molecule has 0 bridgehead atoms. The number of anilines is 1. The molecule has 0 saturated carbocycles. The summed E-state index contributed by atoms with van der Waals surface area (Å²) >= 11 is 0. The highest BCUT2D eigenvalue weighted by molar-refractivity contribution is 5.33. The standard InChI is InChI=1S/C11H17N3O7/c15-3-5-7(17)8(18)9(19)10(21-5)12-6-1-2-14(4-16)11(20)13-6/h1-2,5,7-10,15-19H,3-4H2,(H,12,13,20)/t5-,7-,8+,9-,10-/m1/s1. The van der Waals surface area contributed by atoms with E-state index in [2.05, 4.69) is 10.3 Å². The van der Waals surface area contributed by atoms with E-state index in [1.165, 1.54) is 12.3 Å². The number of nitrogens with one attached hydrogen (secondary N) is 1. The summed E-state index contributed by atoms with van der Waals surface area (Å²) in [5.41, 5.74) is -0.716. The first-order chi connectivity index (χ1) is 9.97. The van der Waals surface area contributed by atoms with Crippen LogP contribution >= 0.6 is 0 Å². The summed E-state index contributed by atoms with van der Waals surface area (Å²) in [6.07, 6.45) is -5.41. The van der Waals surface area contributed by atoms with Gasteiger partial charge in [0.2, 0.25) is 0 Å². The minimum atomic E-state index is -1.52. The summed E-state index contributed by atoms with van der Waals surface area (Å²) in [4.78, 5) is 15.1. The average Bonchev–Trinajstić information content (AvgIpc) is 2.48. The molecule has 0 aliphatic carbocycles. The maximum Gasteiger partial charge on any atom is 0.351 e. The normalized spacial score (nSPS) is 32.9. The van der Waals surface area contributed by atoms with Gasteiger partial charge in [0.1, 0.15) is 37.0 Å². The lowest BCUT2D eigenvalue weighted by Crippen LogP contribution is -2.60. The number of ether oxygens (including phenoxy) is 1. The monoisotopic (exact) mass is 303 g/mol. The molecular formula is C11H17N3O7. The quantitative estimate of drug-likeness (QED) is 0.330. The Morgan fingerprint density at radius 3 is 2.52 bits per heavy atom. The van der Waals surface area contributed by atoms with Crippen LogP contribution in [-0.2, 0) is 11.5 Å². The second kappa shape index (κ2) is 6.47. The van der Waals surface area contributed by atoms with Crippen LogP contribution in [0.25, 0.3) is 0 Å². The highest BCUT2D eigenvalue weighted by Gasteiger charge is 2.43. The molecule has 2 rings (SSSR count). The van der Waals surface area contributed by atoms with Gasteiger partial charge in [-0.25, -0.2) is 4.79 Å². The lowest BCUT2D eigenvalue weighted by Gasteiger charge is -2.40. The Kier molecular flexibility index (Phi) is 4.88. The summed E-state index contributed by atoms with van der Waals surface area (Å²) < 4.78 is 6.15. The van der Waals surface area contributed by atoms with Gasteiger partial charge in [-0.15, -0.1) is 0 Å². The molecule has 1 aliphatic rings. The minimum absolute atomic E-state index is 0.0500. The van der Waals surface area contributed by atoms with E-state index < -0.39 is 49.7 Å². The van der Waals surface area contributed by atoms with Crippen LogP contribution in [-0.4, -0.2) is 72.3 Å². The molecule has 1 saturated heterocycles. The van der Waals surface area contributed by atoms with Crippen molar-refractivity contribution in [1.29, 1.82) is 0 Å². The molecule has 1 aliphatic heterocycles. The van der Waals surface area contributed by atoms with Crippen LogP contribution in [0.15, 0.2) is 17.1 Å². The zero-order valence-corrected chi connectivity index (χ0v) is 10.9. The van der Waals surface area contributed by atoms with Gasteiger partial charge in [0.15, 0.2) is 6.23 Å². The second-order valence-corrected chi connectivity index (χ2v) is 4.60. The van der Waals surface area contributed by atoms with Crippen molar-refractivity contribution in [1.82, 2.24) is 9.55 Å². The number of hydrogen-bond donors (Lipinski definition) is 6. The highest BCUT2D eigenvalue weighted by Crippen LogP contribution is 2.21. The van der Waals surface area contributed by atoms with Crippen molar-refractivity contribution < 1.29 is 30.3 Å². The topological polar surface area (TPSA) is 157 Å². The summed E-state index contributed by atoms with van der Waals surface area (Å²) in [6, 6.07) is 1.36. The number of aliphatic hydroxyl groups is 5. The van der Waals surface area contributed by atoms with E-state index in [0.717, 1.165) is 4.57 Å². The van der Waals surface area contributed by atoms with Gasteiger partial charge in [0.25, 0.3) is 0 Å². The van der Waals surface area contributed by atoms with Crippen molar-refractivity contribution in [2.24, 2.45) is 0 Å². The fraction of sp³-hybridized carbons (Fsp3) is 0.636. The first kappa shape index (κ1) is 15.8. The lowest BCUT2D eigenvalue weighted by molar-refractivity contribution is -0.221. The van der Waals surface area contributed by atoms with Crippen LogP contribution in [0.1, 0.15) is 0 Å². The zero-order valence-electron chi connectivity index (χ0n) is 10.9. The molecule has 118 valence electrons. The largest absolute Gasteiger partial charge is 0.394 e. The third kappa shape index (κ3) is 3.20. The van der Waals surface area contributed by atoms with E-state index in [9.17, 15) is 20.1 Å². The van der Waals surface area contributed by atoms with E-state index in [-0.39, 0.29) is 5.82 Å². The number of rotatable bonds is 4. The molecule has 1 fully saturated rings. The molecule has 0 radical (unpaired) electrons. The van der Waals surface area contributed by atoms with Gasteiger partial charge in [0.05, 0.1) is 6.61 Å². The van der Waals surface area contributed by atoms with Crippen molar-refractivity contribution >= 4 is 5.82 Å². The fourth-order valence-corrected chi connectivity index (χ4v) is 1.98. The smallest absolute Gasteiger partial charge is 0.351 e. The van der Waals surface area contributed by atoms with Crippen LogP contribution in [0.5, 0.6) is 0 Å². The maximum absolute atomic E-state index is 11.5. The minimum Gasteiger partial charge on any atom is -0.394 e. The van der Waals surface area contributed by atoms with Gasteiger partial charge in [-0.05, 0) is 6.07 Å². The molecule has 2 heterocycles. The summed E-state index contributed by atoms with van der Waals surface area (Å²) in [5.74, 6) is 0.0500. The predicted molar refractivity (Wildman–Crippen MR) is 68.1 cm³/mol. The molecule has 1 aromatic rings. The number of aliphatic hydroxyl groups excluding tert-OH is 5. The van der Waals surface area contributed by atoms with Gasteiger partial charge in [-0.1, -0.05) is 0 Å². The Hall–Kier alpha value is -1.56. The second-order valence-electron chi connectivity index (χ2n) is 4.60. The van der Waals surface area contributed by atoms with Crippen LogP contribution in [0.2, 0.25) is 0 Å². The van der Waals surface area contributed by atoms with Crippen LogP contribution in [0.3, 0.4) is 0 Å². The Labute approximate surface area is 118 Å². The van der Waals surface area contributed by atoms with Crippen molar-refractivity contribution in [3.63, 3.8) is 0 Å². The number of aromatic nitrogens is 2. The van der Waals surface area contributed by atoms with E-state index in [4.69, 9.17) is 14.9 Å². The Balaban J connectivity index is 2.14. The molecule has 0 aromatic carbocycles. The van der Waals surface area contributed by atoms with Gasteiger partial charge >= 0.3 is 5.69 Å². The Bertz CT molecular complexity index is 535. The van der Waals surface area contributed by atoms with Gasteiger partial charge in [0, 0.05) is 6.20 Å². The van der Waals surface area contributed by atoms with Gasteiger partial charge in [-0.2, -0.15) is 4.98 Å². The molecule has 0 unspecified atom stereocenters. The molecule has 5 atom stereocenters. The van der Waals surface area contributed by atoms with E-state index in [1.54, 1.807) is 0 Å². The Morgan fingerprint density at radius 1 is 1.24 bits per heavy atom. The molecule has 10 nitrogen and oxygen atoms in total. The van der Waals surface area contributed by atoms with E-state index in [1.807, 2.05) is 0 Å². The number of nitrogens with zero attached hydrogens (tertiary/aromatic N) is 2. The van der Waals surface area contributed by atoms with E-state index in [0.29, 0.717) is 0 Å². The molecular weight excluding hydrogens is 286 g/mol. The van der Waals surface area contributed by atoms with Gasteiger partial charge < -0.3 is 35.6 Å². The van der Waals surface area contributed by atoms with Crippen LogP contribution in [0, 0.1) is 0 Å². The first-order valence-electron chi connectivity index (χ1n) is 6.23. The number of hydrogen-bond acceptors (Lipinski definition) is 9. The van der Waals surface area contributed by atoms with Crippen molar-refractivity contribution in [2.75, 3.05) is 11.9 Å². The van der Waals surface area contributed by atoms with Crippen molar-refractivity contribution in [3.8, 4) is 0 Å². The van der Waals surface area contributed by atoms with E-state index >= 15 is 0 Å². The molecule has 6 N–H and O–H groups in total. The van der Waals surface area contributed by atoms with Crippen molar-refractivity contribution in [2.45, 2.75) is 37.4 Å². The highest BCUT2D eigenvalue weighted by atomic mass is 16.6. The third-order valence-electron chi connectivity index (χ3n) is 3.21. The zero-order chi connectivity index (χ0) is 15.6. The molecule has 0 amide bonds. The molecule has 21 heavy (non-hydrogen) atoms. The molecule has 1 aromatic heterocycles. The summed E-state index contributed by atoms with van der Waals surface area (Å²) in [6.45, 7) is -1.07. The molecule has 0 spiro atoms. The SMILES string of the molecule is O=c1nc(N[C@@H]2O[C@H](CO)[C@@H](O)[C@H](O)[C@H]2O)ccn1CO. The lowest BCUT2D eigenvalue weighted by atomic mass is 9.98. The Morgan fingerprint density at radius 2 is 1.95 bits per heavy atom. The third-order valence-corrected chi connectivity index (χ3v) is 3.21. The maximum atomic E-state index is 11.5. The van der Waals surface area contributed by atoms with Crippen LogP contribution < -0.4 is 11.0 Å². The molecule has 10 heteroatoms. The van der Waals surface area contributed by atoms with Crippen molar-refractivity contribution in [3.05, 3.63) is 22.7 Å². The van der Waals surface area contributed by atoms with Crippen LogP contribution in [0.4, 0.5) is 5.82 Å². The van der Waals surface area contributed by atoms with Gasteiger partial charge in [-0.3, -0.25) is 4.57 Å². The first-order valence-corrected chi connectivity index (χ1v) is 6.23. The average molecular weight is 303 g/mol.